The number of carboxylic acid groups (broad SMARTS) is 1. The highest BCUT2D eigenvalue weighted by atomic mass is 79.9. The molecular weight excluding hydrogens is 412 g/mol. The maximum absolute atomic E-state index is 10.8. The van der Waals surface area contributed by atoms with Gasteiger partial charge in [0, 0.05) is 9.80 Å². The Hall–Kier alpha value is -1.33. The molecule has 2 aromatic rings. The zero-order chi connectivity index (χ0) is 16.1. The molecule has 0 aliphatic carbocycles. The summed E-state index contributed by atoms with van der Waals surface area (Å²) in [5, 5.41) is 9.72. The molecule has 0 saturated carbocycles. The number of benzene rings is 2. The molecule has 0 fully saturated rings. The van der Waals surface area contributed by atoms with Gasteiger partial charge in [0.25, 0.3) is 0 Å². The predicted octanol–water partition coefficient (Wildman–Crippen LogP) is 5.11. The quantitative estimate of drug-likeness (QED) is 0.651. The van der Waals surface area contributed by atoms with Gasteiger partial charge in [-0.3, -0.25) is 4.79 Å². The van der Waals surface area contributed by atoms with E-state index in [1.807, 2.05) is 18.2 Å². The van der Waals surface area contributed by atoms with E-state index in [-0.39, 0.29) is 6.61 Å². The Bertz CT molecular complexity index is 653. The lowest BCUT2D eigenvalue weighted by atomic mass is 10.0. The molecular formula is C17H16Br2O3. The summed E-state index contributed by atoms with van der Waals surface area (Å²) in [6, 6.07) is 13.9. The van der Waals surface area contributed by atoms with Gasteiger partial charge in [-0.1, -0.05) is 56.1 Å². The van der Waals surface area contributed by atoms with Crippen molar-refractivity contribution in [2.45, 2.75) is 12.3 Å². The van der Waals surface area contributed by atoms with Crippen molar-refractivity contribution in [3.8, 4) is 16.9 Å². The second-order valence-electron chi connectivity index (χ2n) is 5.02. The molecule has 2 rings (SSSR count). The molecule has 0 radical (unpaired) electrons. The van der Waals surface area contributed by atoms with Gasteiger partial charge in [-0.15, -0.1) is 0 Å². The van der Waals surface area contributed by atoms with E-state index >= 15 is 0 Å². The van der Waals surface area contributed by atoms with Crippen LogP contribution >= 0.6 is 31.9 Å². The van der Waals surface area contributed by atoms with Crippen LogP contribution in [0.2, 0.25) is 0 Å². The smallest absolute Gasteiger partial charge is 0.309 e. The van der Waals surface area contributed by atoms with Crippen molar-refractivity contribution in [2.75, 3.05) is 6.61 Å². The molecule has 0 spiro atoms. The van der Waals surface area contributed by atoms with Gasteiger partial charge >= 0.3 is 5.97 Å². The number of aliphatic carboxylic acids is 1. The van der Waals surface area contributed by atoms with Crippen LogP contribution in [0.5, 0.6) is 5.75 Å². The van der Waals surface area contributed by atoms with E-state index < -0.39 is 11.9 Å². The third kappa shape index (κ3) is 4.34. The highest BCUT2D eigenvalue weighted by Gasteiger charge is 2.12. The maximum atomic E-state index is 10.8. The molecule has 1 unspecified atom stereocenters. The highest BCUT2D eigenvalue weighted by molar-refractivity contribution is 9.10. The van der Waals surface area contributed by atoms with Gasteiger partial charge in [-0.05, 0) is 41.8 Å². The molecule has 0 bridgehead atoms. The summed E-state index contributed by atoms with van der Waals surface area (Å²) < 4.78 is 6.55. The zero-order valence-electron chi connectivity index (χ0n) is 12.1. The summed E-state index contributed by atoms with van der Waals surface area (Å²) in [7, 11) is 0. The number of carbonyl (C=O) groups is 1. The molecule has 116 valence electrons. The van der Waals surface area contributed by atoms with Crippen LogP contribution in [0.4, 0.5) is 0 Å². The molecule has 1 N–H and O–H groups in total. The number of rotatable bonds is 6. The Morgan fingerprint density at radius 1 is 1.23 bits per heavy atom. The van der Waals surface area contributed by atoms with E-state index in [0.29, 0.717) is 5.75 Å². The van der Waals surface area contributed by atoms with Crippen molar-refractivity contribution in [1.29, 1.82) is 0 Å². The molecule has 22 heavy (non-hydrogen) atoms. The van der Waals surface area contributed by atoms with Crippen LogP contribution in [-0.4, -0.2) is 17.7 Å². The third-order valence-electron chi connectivity index (χ3n) is 3.28. The van der Waals surface area contributed by atoms with Crippen molar-refractivity contribution in [2.24, 2.45) is 5.92 Å². The van der Waals surface area contributed by atoms with Crippen molar-refractivity contribution in [3.63, 3.8) is 0 Å². The number of hydrogen-bond donors (Lipinski definition) is 1. The molecule has 3 nitrogen and oxygen atoms in total. The Labute approximate surface area is 146 Å². The van der Waals surface area contributed by atoms with Crippen molar-refractivity contribution in [1.82, 2.24) is 0 Å². The second kappa shape index (κ2) is 7.79. The van der Waals surface area contributed by atoms with Crippen LogP contribution in [0.15, 0.2) is 46.9 Å². The summed E-state index contributed by atoms with van der Waals surface area (Å²) >= 11 is 6.98. The van der Waals surface area contributed by atoms with Gasteiger partial charge in [0.05, 0.1) is 5.92 Å². The van der Waals surface area contributed by atoms with Crippen LogP contribution < -0.4 is 4.74 Å². The van der Waals surface area contributed by atoms with Gasteiger partial charge in [-0.2, -0.15) is 0 Å². The Morgan fingerprint density at radius 3 is 2.50 bits per heavy atom. The van der Waals surface area contributed by atoms with Gasteiger partial charge in [0.1, 0.15) is 12.4 Å². The van der Waals surface area contributed by atoms with Crippen LogP contribution in [0, 0.1) is 5.92 Å². The number of carboxylic acids is 1. The van der Waals surface area contributed by atoms with E-state index in [9.17, 15) is 4.79 Å². The average molecular weight is 428 g/mol. The first-order chi connectivity index (χ1) is 10.5. The first-order valence-corrected chi connectivity index (χ1v) is 8.73. The summed E-state index contributed by atoms with van der Waals surface area (Å²) in [6.07, 6.45) is 0. The summed E-state index contributed by atoms with van der Waals surface area (Å²) in [6.45, 7) is 1.78. The van der Waals surface area contributed by atoms with Crippen molar-refractivity contribution < 1.29 is 14.6 Å². The molecule has 2 aromatic carbocycles. The fourth-order valence-corrected chi connectivity index (χ4v) is 2.73. The minimum atomic E-state index is -0.859. The van der Waals surface area contributed by atoms with E-state index in [1.54, 1.807) is 6.92 Å². The normalized spacial score (nSPS) is 12.0. The fraction of sp³-hybridized carbons (Fsp3) is 0.235. The molecule has 0 aliphatic heterocycles. The number of ether oxygens (including phenoxy) is 1. The number of hydrogen-bond acceptors (Lipinski definition) is 2. The minimum Gasteiger partial charge on any atom is -0.493 e. The van der Waals surface area contributed by atoms with Gasteiger partial charge in [0.2, 0.25) is 0 Å². The maximum Gasteiger partial charge on any atom is 0.309 e. The SMILES string of the molecule is CC(COc1ccc(Br)c(-c2ccc(CBr)cc2)c1)C(=O)O. The summed E-state index contributed by atoms with van der Waals surface area (Å²) in [5.74, 6) is -0.733. The summed E-state index contributed by atoms with van der Waals surface area (Å²) in [4.78, 5) is 10.8. The molecule has 0 amide bonds. The molecule has 5 heteroatoms. The minimum absolute atomic E-state index is 0.152. The Morgan fingerprint density at radius 2 is 1.91 bits per heavy atom. The van der Waals surface area contributed by atoms with Crippen molar-refractivity contribution in [3.05, 3.63) is 52.5 Å². The fourth-order valence-electron chi connectivity index (χ4n) is 1.88. The van der Waals surface area contributed by atoms with Crippen LogP contribution in [0.3, 0.4) is 0 Å². The standard InChI is InChI=1S/C17H16Br2O3/c1-11(17(20)21)10-22-14-6-7-16(19)15(8-14)13-4-2-12(9-18)3-5-13/h2-8,11H,9-10H2,1H3,(H,20,21). The molecule has 0 heterocycles. The number of alkyl halides is 1. The second-order valence-corrected chi connectivity index (χ2v) is 6.44. The van der Waals surface area contributed by atoms with Crippen LogP contribution in [0.25, 0.3) is 11.1 Å². The molecule has 0 saturated heterocycles. The molecule has 0 aliphatic rings. The molecule has 1 atom stereocenters. The monoisotopic (exact) mass is 426 g/mol. The van der Waals surface area contributed by atoms with E-state index in [2.05, 4.69) is 56.1 Å². The van der Waals surface area contributed by atoms with E-state index in [1.165, 1.54) is 5.56 Å². The summed E-state index contributed by atoms with van der Waals surface area (Å²) in [5.41, 5.74) is 3.30. The average Bonchev–Trinajstić information content (AvgIpc) is 2.53. The van der Waals surface area contributed by atoms with Crippen molar-refractivity contribution >= 4 is 37.8 Å². The molecule has 0 aromatic heterocycles. The van der Waals surface area contributed by atoms with Gasteiger partial charge in [0.15, 0.2) is 0 Å². The zero-order valence-corrected chi connectivity index (χ0v) is 15.2. The van der Waals surface area contributed by atoms with E-state index in [4.69, 9.17) is 9.84 Å². The topological polar surface area (TPSA) is 46.5 Å². The van der Waals surface area contributed by atoms with Crippen LogP contribution in [0.1, 0.15) is 12.5 Å². The predicted molar refractivity (Wildman–Crippen MR) is 94.5 cm³/mol. The lowest BCUT2D eigenvalue weighted by molar-refractivity contribution is -0.142. The largest absolute Gasteiger partial charge is 0.493 e. The Balaban J connectivity index is 2.20. The lowest BCUT2D eigenvalue weighted by Crippen LogP contribution is -2.17. The lowest BCUT2D eigenvalue weighted by Gasteiger charge is -2.12. The van der Waals surface area contributed by atoms with Gasteiger partial charge < -0.3 is 9.84 Å². The van der Waals surface area contributed by atoms with Crippen LogP contribution in [-0.2, 0) is 10.1 Å². The number of halogens is 2. The first-order valence-electron chi connectivity index (χ1n) is 6.81. The first kappa shape index (κ1) is 17.0. The van der Waals surface area contributed by atoms with Gasteiger partial charge in [-0.25, -0.2) is 0 Å². The van der Waals surface area contributed by atoms with E-state index in [0.717, 1.165) is 20.9 Å². The Kier molecular flexibility index (Phi) is 6.03. The third-order valence-corrected chi connectivity index (χ3v) is 4.62. The highest BCUT2D eigenvalue weighted by Crippen LogP contribution is 2.32.